The standard InChI is InChI=1S/C17H15FN2O3S/c18-12-5-2-1-4-11(12)8-16-20-13(10-24-16)17(22)19-9-14(21)15-6-3-7-23-15/h1-7,10,14,21H,8-9H2,(H,19,22). The lowest BCUT2D eigenvalue weighted by Gasteiger charge is -2.08. The molecule has 1 aromatic carbocycles. The van der Waals surface area contributed by atoms with E-state index < -0.39 is 12.0 Å². The Bertz CT molecular complexity index is 817. The van der Waals surface area contributed by atoms with Crippen LogP contribution in [-0.2, 0) is 6.42 Å². The van der Waals surface area contributed by atoms with Crippen molar-refractivity contribution in [3.63, 3.8) is 0 Å². The number of aromatic nitrogens is 1. The van der Waals surface area contributed by atoms with Crippen LogP contribution in [-0.4, -0.2) is 22.5 Å². The summed E-state index contributed by atoms with van der Waals surface area (Å²) in [5.41, 5.74) is 0.782. The first-order valence-electron chi connectivity index (χ1n) is 7.31. The van der Waals surface area contributed by atoms with Crippen molar-refractivity contribution in [2.45, 2.75) is 12.5 Å². The minimum absolute atomic E-state index is 0.0204. The lowest BCUT2D eigenvalue weighted by atomic mass is 10.1. The molecule has 24 heavy (non-hydrogen) atoms. The Kier molecular flexibility index (Phi) is 5.02. The molecule has 0 aliphatic rings. The summed E-state index contributed by atoms with van der Waals surface area (Å²) >= 11 is 1.29. The number of benzene rings is 1. The first kappa shape index (κ1) is 16.4. The second-order valence-electron chi connectivity index (χ2n) is 5.14. The van der Waals surface area contributed by atoms with Crippen LogP contribution in [0, 0.1) is 5.82 Å². The van der Waals surface area contributed by atoms with Crippen LogP contribution in [0.2, 0.25) is 0 Å². The molecular weight excluding hydrogens is 331 g/mol. The van der Waals surface area contributed by atoms with Crippen LogP contribution in [0.3, 0.4) is 0 Å². The van der Waals surface area contributed by atoms with Crippen molar-refractivity contribution in [3.05, 3.63) is 75.9 Å². The van der Waals surface area contributed by atoms with Gasteiger partial charge in [0.15, 0.2) is 0 Å². The van der Waals surface area contributed by atoms with Crippen molar-refractivity contribution in [2.75, 3.05) is 6.54 Å². The highest BCUT2D eigenvalue weighted by atomic mass is 32.1. The first-order valence-corrected chi connectivity index (χ1v) is 8.19. The van der Waals surface area contributed by atoms with Crippen molar-refractivity contribution < 1.29 is 18.7 Å². The number of hydrogen-bond acceptors (Lipinski definition) is 5. The Labute approximate surface area is 141 Å². The number of aliphatic hydroxyl groups is 1. The van der Waals surface area contributed by atoms with E-state index in [9.17, 15) is 14.3 Å². The zero-order valence-corrected chi connectivity index (χ0v) is 13.4. The second kappa shape index (κ2) is 7.37. The van der Waals surface area contributed by atoms with Gasteiger partial charge >= 0.3 is 0 Å². The van der Waals surface area contributed by atoms with Crippen molar-refractivity contribution in [1.29, 1.82) is 0 Å². The maximum absolute atomic E-state index is 13.6. The number of aliphatic hydroxyl groups excluding tert-OH is 1. The Morgan fingerprint density at radius 2 is 2.17 bits per heavy atom. The van der Waals surface area contributed by atoms with Gasteiger partial charge in [-0.1, -0.05) is 18.2 Å². The zero-order valence-electron chi connectivity index (χ0n) is 12.6. The van der Waals surface area contributed by atoms with Crippen LogP contribution >= 0.6 is 11.3 Å². The number of halogens is 1. The fourth-order valence-corrected chi connectivity index (χ4v) is 2.96. The van der Waals surface area contributed by atoms with Gasteiger partial charge in [0.05, 0.1) is 17.8 Å². The third-order valence-electron chi connectivity index (χ3n) is 3.41. The molecule has 0 aliphatic heterocycles. The average molecular weight is 346 g/mol. The largest absolute Gasteiger partial charge is 0.467 e. The van der Waals surface area contributed by atoms with E-state index in [-0.39, 0.29) is 18.1 Å². The van der Waals surface area contributed by atoms with E-state index in [1.807, 2.05) is 0 Å². The Morgan fingerprint density at radius 1 is 1.33 bits per heavy atom. The topological polar surface area (TPSA) is 75.4 Å². The molecule has 2 heterocycles. The molecule has 0 aliphatic carbocycles. The normalized spacial score (nSPS) is 12.1. The van der Waals surface area contributed by atoms with Crippen molar-refractivity contribution in [2.24, 2.45) is 0 Å². The highest BCUT2D eigenvalue weighted by molar-refractivity contribution is 7.09. The van der Waals surface area contributed by atoms with Gasteiger partial charge in [-0.3, -0.25) is 4.79 Å². The smallest absolute Gasteiger partial charge is 0.270 e. The van der Waals surface area contributed by atoms with Crippen LogP contribution in [0.5, 0.6) is 0 Å². The minimum Gasteiger partial charge on any atom is -0.467 e. The second-order valence-corrected chi connectivity index (χ2v) is 6.08. The molecular formula is C17H15FN2O3S. The monoisotopic (exact) mass is 346 g/mol. The van der Waals surface area contributed by atoms with Gasteiger partial charge in [0.2, 0.25) is 0 Å². The van der Waals surface area contributed by atoms with Gasteiger partial charge in [0, 0.05) is 11.8 Å². The molecule has 3 rings (SSSR count). The molecule has 0 saturated carbocycles. The summed E-state index contributed by atoms with van der Waals surface area (Å²) in [6, 6.07) is 9.77. The zero-order chi connectivity index (χ0) is 16.9. The summed E-state index contributed by atoms with van der Waals surface area (Å²) in [6.45, 7) is 0.0204. The predicted molar refractivity (Wildman–Crippen MR) is 87.3 cm³/mol. The van der Waals surface area contributed by atoms with Crippen LogP contribution < -0.4 is 5.32 Å². The number of carbonyl (C=O) groups excluding carboxylic acids is 1. The Balaban J connectivity index is 1.58. The van der Waals surface area contributed by atoms with E-state index in [2.05, 4.69) is 10.3 Å². The van der Waals surface area contributed by atoms with Crippen LogP contribution in [0.25, 0.3) is 0 Å². The molecule has 0 fully saturated rings. The van der Waals surface area contributed by atoms with Gasteiger partial charge in [0.25, 0.3) is 5.91 Å². The Morgan fingerprint density at radius 3 is 2.92 bits per heavy atom. The molecule has 0 radical (unpaired) electrons. The number of hydrogen-bond donors (Lipinski definition) is 2. The van der Waals surface area contributed by atoms with Gasteiger partial charge < -0.3 is 14.8 Å². The molecule has 1 unspecified atom stereocenters. The van der Waals surface area contributed by atoms with Gasteiger partial charge in [-0.2, -0.15) is 0 Å². The number of rotatable bonds is 6. The highest BCUT2D eigenvalue weighted by Gasteiger charge is 2.15. The van der Waals surface area contributed by atoms with Crippen molar-refractivity contribution in [3.8, 4) is 0 Å². The molecule has 2 N–H and O–H groups in total. The average Bonchev–Trinajstić information content (AvgIpc) is 3.26. The lowest BCUT2D eigenvalue weighted by molar-refractivity contribution is 0.0897. The minimum atomic E-state index is -0.916. The molecule has 0 spiro atoms. The number of furan rings is 1. The van der Waals surface area contributed by atoms with E-state index in [1.54, 1.807) is 35.7 Å². The molecule has 3 aromatic rings. The molecule has 7 heteroatoms. The van der Waals surface area contributed by atoms with E-state index in [4.69, 9.17) is 4.42 Å². The maximum atomic E-state index is 13.6. The Hall–Kier alpha value is -2.51. The van der Waals surface area contributed by atoms with Crippen molar-refractivity contribution >= 4 is 17.2 Å². The lowest BCUT2D eigenvalue weighted by Crippen LogP contribution is -2.28. The van der Waals surface area contributed by atoms with Crippen LogP contribution in [0.15, 0.2) is 52.5 Å². The van der Waals surface area contributed by atoms with Gasteiger partial charge in [0.1, 0.15) is 23.4 Å². The first-order chi connectivity index (χ1) is 11.6. The molecule has 1 amide bonds. The highest BCUT2D eigenvalue weighted by Crippen LogP contribution is 2.17. The number of nitrogens with one attached hydrogen (secondary N) is 1. The van der Waals surface area contributed by atoms with E-state index in [0.29, 0.717) is 22.8 Å². The number of nitrogens with zero attached hydrogens (tertiary/aromatic N) is 1. The summed E-state index contributed by atoms with van der Waals surface area (Å²) in [4.78, 5) is 16.3. The third-order valence-corrected chi connectivity index (χ3v) is 4.26. The summed E-state index contributed by atoms with van der Waals surface area (Å²) in [5.74, 6) is -0.300. The number of carbonyl (C=O) groups is 1. The molecule has 0 bridgehead atoms. The maximum Gasteiger partial charge on any atom is 0.270 e. The number of amides is 1. The SMILES string of the molecule is O=C(NCC(O)c1ccco1)c1csc(Cc2ccccc2F)n1. The molecule has 2 aromatic heterocycles. The summed E-state index contributed by atoms with van der Waals surface area (Å²) in [7, 11) is 0. The van der Waals surface area contributed by atoms with E-state index in [0.717, 1.165) is 0 Å². The third kappa shape index (κ3) is 3.87. The van der Waals surface area contributed by atoms with Crippen LogP contribution in [0.1, 0.15) is 32.9 Å². The van der Waals surface area contributed by atoms with Crippen LogP contribution in [0.4, 0.5) is 4.39 Å². The van der Waals surface area contributed by atoms with Gasteiger partial charge in [-0.05, 0) is 23.8 Å². The quantitative estimate of drug-likeness (QED) is 0.720. The molecule has 124 valence electrons. The summed E-state index contributed by atoms with van der Waals surface area (Å²) in [5, 5.41) is 14.7. The van der Waals surface area contributed by atoms with E-state index >= 15 is 0 Å². The molecule has 0 saturated heterocycles. The predicted octanol–water partition coefficient (Wildman–Crippen LogP) is 2.93. The van der Waals surface area contributed by atoms with Gasteiger partial charge in [-0.25, -0.2) is 9.37 Å². The number of thiazole rings is 1. The molecule has 1 atom stereocenters. The summed E-state index contributed by atoms with van der Waals surface area (Å²) in [6.07, 6.45) is 0.871. The molecule has 5 nitrogen and oxygen atoms in total. The van der Waals surface area contributed by atoms with Gasteiger partial charge in [-0.15, -0.1) is 11.3 Å². The van der Waals surface area contributed by atoms with Crippen molar-refractivity contribution in [1.82, 2.24) is 10.3 Å². The fraction of sp³-hybridized carbons (Fsp3) is 0.176. The van der Waals surface area contributed by atoms with E-state index in [1.165, 1.54) is 23.7 Å². The summed E-state index contributed by atoms with van der Waals surface area (Å²) < 4.78 is 18.7. The fourth-order valence-electron chi connectivity index (χ4n) is 2.16.